The highest BCUT2D eigenvalue weighted by atomic mass is 19.1. The summed E-state index contributed by atoms with van der Waals surface area (Å²) >= 11 is 0. The molecule has 0 aliphatic carbocycles. The minimum Gasteiger partial charge on any atom is -0.435 e. The van der Waals surface area contributed by atoms with Gasteiger partial charge >= 0.3 is 0 Å². The topological polar surface area (TPSA) is 121 Å². The average Bonchev–Trinajstić information content (AvgIpc) is 3.15. The number of rotatable bonds is 9. The Morgan fingerprint density at radius 2 is 2.00 bits per heavy atom. The van der Waals surface area contributed by atoms with E-state index in [0.717, 1.165) is 16.6 Å². The number of primary amides is 1. The second-order valence-electron chi connectivity index (χ2n) is 7.88. The van der Waals surface area contributed by atoms with E-state index in [-0.39, 0.29) is 29.5 Å². The van der Waals surface area contributed by atoms with Crippen LogP contribution in [-0.2, 0) is 22.5 Å². The molecule has 0 radical (unpaired) electrons. The van der Waals surface area contributed by atoms with E-state index in [0.29, 0.717) is 24.7 Å². The molecule has 2 heterocycles. The predicted molar refractivity (Wildman–Crippen MR) is 128 cm³/mol. The molecule has 0 spiro atoms. The zero-order chi connectivity index (χ0) is 24.9. The van der Waals surface area contributed by atoms with Crippen molar-refractivity contribution in [3.63, 3.8) is 0 Å². The van der Waals surface area contributed by atoms with Crippen LogP contribution in [0.1, 0.15) is 21.5 Å². The van der Waals surface area contributed by atoms with Gasteiger partial charge in [0.05, 0.1) is 24.1 Å². The average molecular weight is 477 g/mol. The molecular weight excluding hydrogens is 453 g/mol. The molecule has 180 valence electrons. The number of anilines is 1. The minimum atomic E-state index is -0.742. The van der Waals surface area contributed by atoms with Gasteiger partial charge in [0.15, 0.2) is 11.6 Å². The van der Waals surface area contributed by atoms with Gasteiger partial charge in [-0.15, -0.1) is 0 Å². The van der Waals surface area contributed by atoms with Crippen molar-refractivity contribution in [3.05, 3.63) is 77.2 Å². The number of carbonyl (C=O) groups excluding carboxylic acids is 2. The first-order chi connectivity index (χ1) is 16.9. The van der Waals surface area contributed by atoms with E-state index in [1.165, 1.54) is 30.5 Å². The highest BCUT2D eigenvalue weighted by Gasteiger charge is 2.16. The number of halogens is 1. The fourth-order valence-electron chi connectivity index (χ4n) is 3.59. The minimum absolute atomic E-state index is 0.0295. The van der Waals surface area contributed by atoms with E-state index < -0.39 is 11.7 Å². The molecule has 2 amide bonds. The fourth-order valence-corrected chi connectivity index (χ4v) is 3.59. The van der Waals surface area contributed by atoms with Crippen molar-refractivity contribution in [1.82, 2.24) is 14.5 Å². The second kappa shape index (κ2) is 10.3. The quantitative estimate of drug-likeness (QED) is 0.380. The largest absolute Gasteiger partial charge is 0.435 e. The number of carbonyl (C=O) groups is 2. The Kier molecular flexibility index (Phi) is 7.02. The molecule has 2 aromatic heterocycles. The maximum atomic E-state index is 14.7. The van der Waals surface area contributed by atoms with Crippen LogP contribution in [0.5, 0.6) is 11.6 Å². The lowest BCUT2D eigenvalue weighted by atomic mass is 10.1. The number of methoxy groups -OCH3 is 1. The summed E-state index contributed by atoms with van der Waals surface area (Å²) in [5.74, 6) is -1.67. The summed E-state index contributed by atoms with van der Waals surface area (Å²) in [7, 11) is 1.60. The zero-order valence-corrected chi connectivity index (χ0v) is 19.2. The number of aromatic nitrogens is 3. The fraction of sp³-hybridized carbons (Fsp3) is 0.200. The van der Waals surface area contributed by atoms with Crippen LogP contribution in [0, 0.1) is 12.7 Å². The molecule has 3 N–H and O–H groups in total. The van der Waals surface area contributed by atoms with Crippen molar-refractivity contribution < 1.29 is 23.5 Å². The number of benzene rings is 2. The van der Waals surface area contributed by atoms with Crippen LogP contribution in [0.25, 0.3) is 11.0 Å². The van der Waals surface area contributed by atoms with E-state index in [2.05, 4.69) is 15.3 Å². The second-order valence-corrected chi connectivity index (χ2v) is 7.88. The van der Waals surface area contributed by atoms with Gasteiger partial charge in [0.2, 0.25) is 17.7 Å². The van der Waals surface area contributed by atoms with Gasteiger partial charge in [-0.25, -0.2) is 14.4 Å². The third kappa shape index (κ3) is 5.44. The van der Waals surface area contributed by atoms with E-state index in [4.69, 9.17) is 15.2 Å². The first-order valence-corrected chi connectivity index (χ1v) is 10.8. The maximum absolute atomic E-state index is 14.7. The van der Waals surface area contributed by atoms with E-state index in [1.54, 1.807) is 13.2 Å². The smallest absolute Gasteiger partial charge is 0.254 e. The van der Waals surface area contributed by atoms with E-state index in [9.17, 15) is 14.0 Å². The highest BCUT2D eigenvalue weighted by molar-refractivity contribution is 5.95. The van der Waals surface area contributed by atoms with Gasteiger partial charge in [-0.05, 0) is 54.4 Å². The van der Waals surface area contributed by atoms with Crippen molar-refractivity contribution in [2.75, 3.05) is 19.0 Å². The van der Waals surface area contributed by atoms with Crippen molar-refractivity contribution >= 4 is 28.8 Å². The molecule has 4 rings (SSSR count). The first-order valence-electron chi connectivity index (χ1n) is 10.8. The molecular formula is C25H24FN5O4. The lowest BCUT2D eigenvalue weighted by Gasteiger charge is -2.11. The number of hydrogen-bond donors (Lipinski definition) is 2. The Balaban J connectivity index is 1.50. The SMILES string of the molecule is COCCn1c(NC(=O)Cc2ccc(Oc3ncccc3C(N)=O)c(F)c2)nc2ccc(C)cc21. The van der Waals surface area contributed by atoms with Gasteiger partial charge in [-0.1, -0.05) is 12.1 Å². The number of fused-ring (bicyclic) bond motifs is 1. The number of pyridine rings is 1. The predicted octanol–water partition coefficient (Wildman–Crippen LogP) is 3.60. The molecule has 0 saturated carbocycles. The summed E-state index contributed by atoms with van der Waals surface area (Å²) in [5, 5.41) is 2.81. The summed E-state index contributed by atoms with van der Waals surface area (Å²) in [6.07, 6.45) is 1.32. The van der Waals surface area contributed by atoms with Crippen LogP contribution in [0.15, 0.2) is 54.7 Å². The normalized spacial score (nSPS) is 10.9. The number of nitrogens with two attached hydrogens (primary N) is 1. The molecule has 0 aliphatic rings. The van der Waals surface area contributed by atoms with Crippen LogP contribution in [0.3, 0.4) is 0 Å². The van der Waals surface area contributed by atoms with Crippen LogP contribution in [-0.4, -0.2) is 40.1 Å². The Bertz CT molecular complexity index is 1400. The monoisotopic (exact) mass is 477 g/mol. The van der Waals surface area contributed by atoms with Gasteiger partial charge in [-0.2, -0.15) is 0 Å². The molecule has 0 unspecified atom stereocenters. The van der Waals surface area contributed by atoms with Crippen LogP contribution >= 0.6 is 0 Å². The third-order valence-corrected chi connectivity index (χ3v) is 5.28. The van der Waals surface area contributed by atoms with Crippen molar-refractivity contribution in [1.29, 1.82) is 0 Å². The summed E-state index contributed by atoms with van der Waals surface area (Å²) in [6.45, 7) is 2.94. The molecule has 0 aliphatic heterocycles. The molecule has 2 aromatic carbocycles. The Morgan fingerprint density at radius 3 is 2.74 bits per heavy atom. The molecule has 10 heteroatoms. The Morgan fingerprint density at radius 1 is 1.17 bits per heavy atom. The van der Waals surface area contributed by atoms with Gasteiger partial charge in [-0.3, -0.25) is 14.9 Å². The van der Waals surface area contributed by atoms with Crippen LogP contribution < -0.4 is 15.8 Å². The van der Waals surface area contributed by atoms with Gasteiger partial charge in [0.1, 0.15) is 5.56 Å². The zero-order valence-electron chi connectivity index (χ0n) is 19.2. The highest BCUT2D eigenvalue weighted by Crippen LogP contribution is 2.27. The summed E-state index contributed by atoms with van der Waals surface area (Å²) < 4.78 is 27.2. The number of amides is 2. The van der Waals surface area contributed by atoms with E-state index >= 15 is 0 Å². The van der Waals surface area contributed by atoms with Crippen molar-refractivity contribution in [2.24, 2.45) is 5.73 Å². The number of nitrogens with zero attached hydrogens (tertiary/aromatic N) is 3. The van der Waals surface area contributed by atoms with Gasteiger partial charge < -0.3 is 19.8 Å². The summed E-state index contributed by atoms with van der Waals surface area (Å²) in [4.78, 5) is 32.7. The van der Waals surface area contributed by atoms with Crippen LogP contribution in [0.4, 0.5) is 10.3 Å². The first kappa shape index (κ1) is 23.8. The van der Waals surface area contributed by atoms with Crippen LogP contribution in [0.2, 0.25) is 0 Å². The van der Waals surface area contributed by atoms with E-state index in [1.807, 2.05) is 29.7 Å². The lowest BCUT2D eigenvalue weighted by molar-refractivity contribution is -0.115. The number of ether oxygens (including phenoxy) is 2. The van der Waals surface area contributed by atoms with Crippen molar-refractivity contribution in [3.8, 4) is 11.6 Å². The molecule has 35 heavy (non-hydrogen) atoms. The summed E-state index contributed by atoms with van der Waals surface area (Å²) in [6, 6.07) is 12.9. The van der Waals surface area contributed by atoms with Gasteiger partial charge in [0, 0.05) is 19.9 Å². The third-order valence-electron chi connectivity index (χ3n) is 5.28. The molecule has 4 aromatic rings. The number of imidazole rings is 1. The molecule has 0 saturated heterocycles. The summed E-state index contributed by atoms with van der Waals surface area (Å²) in [5.41, 5.74) is 8.47. The molecule has 0 fully saturated rings. The number of nitrogens with one attached hydrogen (secondary N) is 1. The Hall–Kier alpha value is -4.31. The molecule has 0 atom stereocenters. The molecule has 0 bridgehead atoms. The number of aryl methyl sites for hydroxylation is 1. The standard InChI is InChI=1S/C25H24FN5O4/c1-15-5-7-19-20(12-15)31(10-11-34-2)25(29-19)30-22(32)14-16-6-8-21(18(26)13-16)35-24-17(23(27)33)4-3-9-28-24/h3-9,12-13H,10-11,14H2,1-2H3,(H2,27,33)(H,29,30,32). The van der Waals surface area contributed by atoms with Crippen molar-refractivity contribution in [2.45, 2.75) is 19.9 Å². The molecule has 9 nitrogen and oxygen atoms in total. The van der Waals surface area contributed by atoms with Gasteiger partial charge in [0.25, 0.3) is 5.91 Å². The maximum Gasteiger partial charge on any atom is 0.254 e. The lowest BCUT2D eigenvalue weighted by Crippen LogP contribution is -2.19. The number of hydrogen-bond acceptors (Lipinski definition) is 6. The Labute approximate surface area is 200 Å².